The van der Waals surface area contributed by atoms with E-state index in [-0.39, 0.29) is 21.8 Å². The number of piperidine rings is 1. The van der Waals surface area contributed by atoms with Gasteiger partial charge in [0.05, 0.1) is 65.0 Å². The SMILES string of the molecule is COCCn1cnc2ccc(Sc3cnc(N4CCC5(CC4)Cc4ncsc4C5N[S@@+]([O-])C(C)(C)C)cn3)c(Cl)c2c1=O. The summed E-state index contributed by atoms with van der Waals surface area (Å²) in [5, 5.41) is 1.42. The Bertz CT molecular complexity index is 1670. The molecule has 1 spiro atoms. The zero-order chi connectivity index (χ0) is 30.4. The van der Waals surface area contributed by atoms with Gasteiger partial charge in [-0.1, -0.05) is 23.4 Å². The number of thiazole rings is 1. The van der Waals surface area contributed by atoms with E-state index in [0.29, 0.717) is 39.0 Å². The van der Waals surface area contributed by atoms with Crippen LogP contribution in [0.2, 0.25) is 5.02 Å². The van der Waals surface area contributed by atoms with Gasteiger partial charge in [-0.3, -0.25) is 9.36 Å². The van der Waals surface area contributed by atoms with Crippen LogP contribution in [-0.4, -0.2) is 60.6 Å². The molecule has 0 bridgehead atoms. The highest BCUT2D eigenvalue weighted by molar-refractivity contribution is 7.99. The number of anilines is 1. The van der Waals surface area contributed by atoms with E-state index < -0.39 is 11.4 Å². The summed E-state index contributed by atoms with van der Waals surface area (Å²) in [6.45, 7) is 8.46. The van der Waals surface area contributed by atoms with Gasteiger partial charge in [-0.2, -0.15) is 0 Å². The highest BCUT2D eigenvalue weighted by Gasteiger charge is 2.52. The lowest BCUT2D eigenvalue weighted by molar-refractivity contribution is 0.176. The summed E-state index contributed by atoms with van der Waals surface area (Å²) in [6, 6.07) is 3.69. The second-order valence-corrected chi connectivity index (χ2v) is 16.3. The molecule has 1 saturated heterocycles. The molecule has 10 nitrogen and oxygen atoms in total. The Hall–Kier alpha value is -2.26. The summed E-state index contributed by atoms with van der Waals surface area (Å²) < 4.78 is 22.9. The predicted molar refractivity (Wildman–Crippen MR) is 173 cm³/mol. The number of methoxy groups -OCH3 is 1. The van der Waals surface area contributed by atoms with Crippen molar-refractivity contribution in [1.82, 2.24) is 29.2 Å². The molecule has 0 amide bonds. The molecular weight excluding hydrogens is 626 g/mol. The zero-order valence-electron chi connectivity index (χ0n) is 24.5. The van der Waals surface area contributed by atoms with E-state index >= 15 is 0 Å². The molecule has 1 fully saturated rings. The fourth-order valence-electron chi connectivity index (χ4n) is 5.72. The number of ether oxygens (including phenoxy) is 1. The Labute approximate surface area is 267 Å². The summed E-state index contributed by atoms with van der Waals surface area (Å²) in [6.07, 6.45) is 7.85. The molecule has 0 saturated carbocycles. The van der Waals surface area contributed by atoms with Crippen LogP contribution in [0.3, 0.4) is 0 Å². The molecule has 43 heavy (non-hydrogen) atoms. The molecule has 14 heteroatoms. The van der Waals surface area contributed by atoms with Crippen LogP contribution in [0.5, 0.6) is 0 Å². The first-order chi connectivity index (χ1) is 20.6. The molecule has 3 aromatic heterocycles. The molecule has 2 aliphatic rings. The normalized spacial score (nSPS) is 18.8. The summed E-state index contributed by atoms with van der Waals surface area (Å²) in [4.78, 5) is 35.7. The molecule has 4 heterocycles. The highest BCUT2D eigenvalue weighted by Crippen LogP contribution is 2.53. The van der Waals surface area contributed by atoms with Crippen molar-refractivity contribution in [3.05, 3.63) is 62.3 Å². The Kier molecular flexibility index (Phi) is 8.77. The monoisotopic (exact) mass is 659 g/mol. The Morgan fingerprint density at radius 2 is 2.00 bits per heavy atom. The van der Waals surface area contributed by atoms with Crippen molar-refractivity contribution in [2.24, 2.45) is 5.41 Å². The van der Waals surface area contributed by atoms with Gasteiger partial charge in [-0.15, -0.1) is 16.1 Å². The van der Waals surface area contributed by atoms with Crippen LogP contribution in [0.15, 0.2) is 51.1 Å². The maximum absolute atomic E-state index is 13.1. The topological polar surface area (TPSA) is 121 Å². The van der Waals surface area contributed by atoms with Gasteiger partial charge in [-0.05, 0) is 52.2 Å². The first-order valence-electron chi connectivity index (χ1n) is 14.1. The Morgan fingerprint density at radius 3 is 2.70 bits per heavy atom. The predicted octanol–water partition coefficient (Wildman–Crippen LogP) is 5.03. The van der Waals surface area contributed by atoms with Gasteiger partial charge in [0.1, 0.15) is 15.6 Å². The second kappa shape index (κ2) is 12.3. The average molecular weight is 660 g/mol. The number of hydrogen-bond acceptors (Lipinski definition) is 11. The molecule has 6 rings (SSSR count). The van der Waals surface area contributed by atoms with Crippen LogP contribution >= 0.6 is 34.7 Å². The van der Waals surface area contributed by atoms with Gasteiger partial charge in [-0.25, -0.2) is 19.9 Å². The van der Waals surface area contributed by atoms with Gasteiger partial charge in [0.25, 0.3) is 5.56 Å². The van der Waals surface area contributed by atoms with E-state index in [4.69, 9.17) is 21.3 Å². The maximum atomic E-state index is 13.1. The summed E-state index contributed by atoms with van der Waals surface area (Å²) in [7, 11) is 1.59. The standard InChI is InChI=1S/C29H34ClN7O3S3/c1-28(2,3)43(39)35-26-25-19(34-17-41-25)13-29(26)7-9-36(10-8-29)21-14-32-22(15-31-21)42-20-6-5-18-23(24(20)30)27(38)37(16-33-18)11-12-40-4/h5-6,14-17,26,35H,7-13H2,1-4H3/t26?,43-/m0/s1. The highest BCUT2D eigenvalue weighted by atomic mass is 35.5. The number of nitrogens with one attached hydrogen (secondary N) is 1. The van der Waals surface area contributed by atoms with E-state index in [1.165, 1.54) is 27.5 Å². The number of halogens is 1. The van der Waals surface area contributed by atoms with Crippen LogP contribution in [0.25, 0.3) is 10.9 Å². The van der Waals surface area contributed by atoms with Gasteiger partial charge >= 0.3 is 0 Å². The lowest BCUT2D eigenvalue weighted by Crippen LogP contribution is -2.49. The number of aromatic nitrogens is 5. The van der Waals surface area contributed by atoms with Gasteiger partial charge < -0.3 is 14.2 Å². The van der Waals surface area contributed by atoms with Crippen molar-refractivity contribution in [2.45, 2.75) is 67.3 Å². The summed E-state index contributed by atoms with van der Waals surface area (Å²) in [5.74, 6) is 0.822. The van der Waals surface area contributed by atoms with E-state index in [9.17, 15) is 9.35 Å². The third-order valence-corrected chi connectivity index (χ3v) is 12.2. The minimum atomic E-state index is -1.17. The van der Waals surface area contributed by atoms with Crippen LogP contribution in [0, 0.1) is 5.41 Å². The summed E-state index contributed by atoms with van der Waals surface area (Å²) in [5.41, 5.74) is 3.37. The molecule has 0 radical (unpaired) electrons. The minimum absolute atomic E-state index is 0.0140. The lowest BCUT2D eigenvalue weighted by Gasteiger charge is -2.43. The van der Waals surface area contributed by atoms with Crippen LogP contribution < -0.4 is 15.2 Å². The van der Waals surface area contributed by atoms with Gasteiger partial charge in [0, 0.05) is 46.7 Å². The average Bonchev–Trinajstić information content (AvgIpc) is 3.54. The number of hydrogen-bond donors (Lipinski definition) is 1. The van der Waals surface area contributed by atoms with E-state index in [1.54, 1.807) is 36.9 Å². The zero-order valence-corrected chi connectivity index (χ0v) is 27.7. The van der Waals surface area contributed by atoms with E-state index in [1.807, 2.05) is 32.3 Å². The molecule has 1 aliphatic heterocycles. The van der Waals surface area contributed by atoms with Crippen molar-refractivity contribution < 1.29 is 9.29 Å². The molecule has 4 aromatic rings. The Morgan fingerprint density at radius 1 is 1.21 bits per heavy atom. The maximum Gasteiger partial charge on any atom is 0.262 e. The minimum Gasteiger partial charge on any atom is -0.598 e. The van der Waals surface area contributed by atoms with Crippen molar-refractivity contribution in [2.75, 3.05) is 31.7 Å². The van der Waals surface area contributed by atoms with Crippen LogP contribution in [0.1, 0.15) is 50.2 Å². The summed E-state index contributed by atoms with van der Waals surface area (Å²) >= 11 is 8.58. The number of rotatable bonds is 8. The molecule has 1 aliphatic carbocycles. The molecule has 1 aromatic carbocycles. The van der Waals surface area contributed by atoms with Gasteiger partial charge in [0.2, 0.25) is 0 Å². The lowest BCUT2D eigenvalue weighted by atomic mass is 9.74. The van der Waals surface area contributed by atoms with Crippen molar-refractivity contribution in [3.63, 3.8) is 0 Å². The molecule has 228 valence electrons. The number of nitrogens with zero attached hydrogens (tertiary/aromatic N) is 6. The smallest absolute Gasteiger partial charge is 0.262 e. The fraction of sp³-hybridized carbons (Fsp3) is 0.483. The molecule has 1 N–H and O–H groups in total. The largest absolute Gasteiger partial charge is 0.598 e. The van der Waals surface area contributed by atoms with E-state index in [2.05, 4.69) is 24.6 Å². The third-order valence-electron chi connectivity index (χ3n) is 8.19. The first kappa shape index (κ1) is 30.8. The molecular formula is C29H34ClN7O3S3. The number of benzene rings is 1. The second-order valence-electron chi connectivity index (χ2n) is 11.9. The first-order valence-corrected chi connectivity index (χ1v) is 17.3. The van der Waals surface area contributed by atoms with Crippen LogP contribution in [0.4, 0.5) is 5.82 Å². The van der Waals surface area contributed by atoms with Crippen molar-refractivity contribution in [3.8, 4) is 0 Å². The van der Waals surface area contributed by atoms with E-state index in [0.717, 1.165) is 43.9 Å². The quantitative estimate of drug-likeness (QED) is 0.258. The molecule has 1 unspecified atom stereocenters. The molecule has 2 atom stereocenters. The number of fused-ring (bicyclic) bond motifs is 2. The Balaban J connectivity index is 1.15. The van der Waals surface area contributed by atoms with Crippen molar-refractivity contribution >= 4 is 62.8 Å². The van der Waals surface area contributed by atoms with Gasteiger partial charge in [0.15, 0.2) is 0 Å². The van der Waals surface area contributed by atoms with Crippen molar-refractivity contribution in [1.29, 1.82) is 0 Å². The van der Waals surface area contributed by atoms with Crippen LogP contribution in [-0.2, 0) is 29.1 Å². The third kappa shape index (κ3) is 6.05. The fourth-order valence-corrected chi connectivity index (χ4v) is 8.85.